The predicted molar refractivity (Wildman–Crippen MR) is 54.9 cm³/mol. The van der Waals surface area contributed by atoms with Crippen LogP contribution in [0.2, 0.25) is 0 Å². The predicted octanol–water partition coefficient (Wildman–Crippen LogP) is 0.0619. The van der Waals surface area contributed by atoms with Gasteiger partial charge in [0, 0.05) is 13.1 Å². The highest BCUT2D eigenvalue weighted by atomic mass is 16.5. The van der Waals surface area contributed by atoms with E-state index >= 15 is 0 Å². The van der Waals surface area contributed by atoms with E-state index in [2.05, 4.69) is 5.32 Å². The van der Waals surface area contributed by atoms with Gasteiger partial charge in [-0.05, 0) is 17.7 Å². The Morgan fingerprint density at radius 3 is 2.57 bits per heavy atom. The monoisotopic (exact) mass is 196 g/mol. The van der Waals surface area contributed by atoms with Gasteiger partial charge in [0.05, 0.1) is 7.11 Å². The average Bonchev–Trinajstić information content (AvgIpc) is 2.18. The normalized spacial score (nSPS) is 12.5. The first-order valence-electron chi connectivity index (χ1n) is 4.49. The number of hydrogen-bond acceptors (Lipinski definition) is 4. The van der Waals surface area contributed by atoms with Gasteiger partial charge < -0.3 is 20.9 Å². The van der Waals surface area contributed by atoms with Crippen molar-refractivity contribution in [2.45, 2.75) is 12.8 Å². The Morgan fingerprint density at radius 1 is 1.43 bits per heavy atom. The van der Waals surface area contributed by atoms with Crippen LogP contribution in [0.3, 0.4) is 0 Å². The fourth-order valence-electron chi connectivity index (χ4n) is 1.11. The molecule has 4 heteroatoms. The number of ether oxygens (including phenoxy) is 1. The molecule has 14 heavy (non-hydrogen) atoms. The van der Waals surface area contributed by atoms with Crippen LogP contribution >= 0.6 is 0 Å². The molecule has 0 saturated heterocycles. The van der Waals surface area contributed by atoms with E-state index in [4.69, 9.17) is 15.6 Å². The maximum Gasteiger partial charge on any atom is 0.118 e. The largest absolute Gasteiger partial charge is 0.497 e. The molecule has 1 aromatic rings. The van der Waals surface area contributed by atoms with Crippen LogP contribution in [0.4, 0.5) is 0 Å². The van der Waals surface area contributed by atoms with Gasteiger partial charge in [0.2, 0.25) is 0 Å². The first-order valence-corrected chi connectivity index (χ1v) is 4.49. The molecule has 1 unspecified atom stereocenters. The third-order valence-corrected chi connectivity index (χ3v) is 1.84. The van der Waals surface area contributed by atoms with Gasteiger partial charge >= 0.3 is 0 Å². The molecule has 0 amide bonds. The minimum Gasteiger partial charge on any atom is -0.497 e. The second kappa shape index (κ2) is 5.59. The third-order valence-electron chi connectivity index (χ3n) is 1.84. The van der Waals surface area contributed by atoms with Crippen molar-refractivity contribution in [2.75, 3.05) is 13.7 Å². The lowest BCUT2D eigenvalue weighted by molar-refractivity contribution is 0.179. The minimum absolute atomic E-state index is 0.395. The van der Waals surface area contributed by atoms with Crippen LogP contribution in [-0.2, 0) is 6.54 Å². The Labute approximate surface area is 83.7 Å². The topological polar surface area (TPSA) is 67.5 Å². The number of methoxy groups -OCH3 is 1. The summed E-state index contributed by atoms with van der Waals surface area (Å²) in [5.74, 6) is 0.840. The smallest absolute Gasteiger partial charge is 0.118 e. The quantitative estimate of drug-likeness (QED) is 0.583. The number of nitrogens with one attached hydrogen (secondary N) is 1. The molecular formula is C10H16N2O2. The van der Waals surface area contributed by atoms with E-state index in [1.54, 1.807) is 7.11 Å². The number of hydrogen-bond donors (Lipinski definition) is 3. The van der Waals surface area contributed by atoms with E-state index < -0.39 is 6.23 Å². The van der Waals surface area contributed by atoms with Crippen molar-refractivity contribution in [3.05, 3.63) is 29.8 Å². The molecule has 0 bridgehead atoms. The Kier molecular flexibility index (Phi) is 4.39. The number of rotatable bonds is 5. The maximum atomic E-state index is 8.81. The molecule has 78 valence electrons. The van der Waals surface area contributed by atoms with Crippen LogP contribution < -0.4 is 15.8 Å². The summed E-state index contributed by atoms with van der Waals surface area (Å²) in [7, 11) is 1.64. The van der Waals surface area contributed by atoms with Crippen LogP contribution in [0.1, 0.15) is 5.56 Å². The average molecular weight is 196 g/mol. The van der Waals surface area contributed by atoms with Gasteiger partial charge in [-0.25, -0.2) is 0 Å². The highest BCUT2D eigenvalue weighted by molar-refractivity contribution is 5.26. The summed E-state index contributed by atoms with van der Waals surface area (Å²) in [6.45, 7) is 1.09. The van der Waals surface area contributed by atoms with Crippen LogP contribution in [0.25, 0.3) is 0 Å². The summed E-state index contributed by atoms with van der Waals surface area (Å²) in [5, 5.41) is 11.8. The Hall–Kier alpha value is -1.10. The van der Waals surface area contributed by atoms with Gasteiger partial charge in [0.25, 0.3) is 0 Å². The van der Waals surface area contributed by atoms with E-state index in [1.807, 2.05) is 24.3 Å². The van der Waals surface area contributed by atoms with Gasteiger partial charge in [-0.3, -0.25) is 0 Å². The lowest BCUT2D eigenvalue weighted by Gasteiger charge is -2.07. The molecule has 0 fully saturated rings. The summed E-state index contributed by atoms with van der Waals surface area (Å²) in [6.07, 6.45) is -0.798. The second-order valence-corrected chi connectivity index (χ2v) is 3.05. The van der Waals surface area contributed by atoms with Crippen molar-refractivity contribution < 1.29 is 9.84 Å². The first kappa shape index (κ1) is 11.0. The van der Waals surface area contributed by atoms with Crippen molar-refractivity contribution >= 4 is 0 Å². The highest BCUT2D eigenvalue weighted by Gasteiger charge is 1.96. The van der Waals surface area contributed by atoms with Gasteiger partial charge in [-0.15, -0.1) is 0 Å². The second-order valence-electron chi connectivity index (χ2n) is 3.05. The molecule has 4 N–H and O–H groups in total. The first-order chi connectivity index (χ1) is 6.72. The van der Waals surface area contributed by atoms with E-state index in [0.717, 1.165) is 11.3 Å². The molecular weight excluding hydrogens is 180 g/mol. The summed E-state index contributed by atoms with van der Waals surface area (Å²) in [5.41, 5.74) is 6.31. The summed E-state index contributed by atoms with van der Waals surface area (Å²) in [6, 6.07) is 7.73. The van der Waals surface area contributed by atoms with E-state index in [-0.39, 0.29) is 0 Å². The molecule has 0 aliphatic rings. The van der Waals surface area contributed by atoms with E-state index in [0.29, 0.717) is 13.1 Å². The molecule has 0 aliphatic heterocycles. The molecule has 1 aromatic carbocycles. The molecule has 0 heterocycles. The molecule has 0 aliphatic carbocycles. The number of aliphatic hydroxyl groups is 1. The van der Waals surface area contributed by atoms with Gasteiger partial charge in [0.15, 0.2) is 0 Å². The van der Waals surface area contributed by atoms with Crippen molar-refractivity contribution in [1.82, 2.24) is 5.32 Å². The zero-order valence-corrected chi connectivity index (χ0v) is 8.23. The molecule has 4 nitrogen and oxygen atoms in total. The Balaban J connectivity index is 2.36. The molecule has 0 saturated carbocycles. The van der Waals surface area contributed by atoms with Crippen LogP contribution in [0.5, 0.6) is 5.75 Å². The Morgan fingerprint density at radius 2 is 2.07 bits per heavy atom. The highest BCUT2D eigenvalue weighted by Crippen LogP contribution is 2.10. The van der Waals surface area contributed by atoms with Gasteiger partial charge in [-0.2, -0.15) is 0 Å². The molecule has 0 spiro atoms. The van der Waals surface area contributed by atoms with E-state index in [9.17, 15) is 0 Å². The van der Waals surface area contributed by atoms with Crippen molar-refractivity contribution in [1.29, 1.82) is 0 Å². The minimum atomic E-state index is -0.798. The van der Waals surface area contributed by atoms with Gasteiger partial charge in [0.1, 0.15) is 12.0 Å². The van der Waals surface area contributed by atoms with Crippen LogP contribution in [0.15, 0.2) is 24.3 Å². The molecule has 0 radical (unpaired) electrons. The zero-order chi connectivity index (χ0) is 10.4. The Bertz CT molecular complexity index is 259. The fourth-order valence-corrected chi connectivity index (χ4v) is 1.11. The molecule has 1 atom stereocenters. The van der Waals surface area contributed by atoms with Gasteiger partial charge in [-0.1, -0.05) is 12.1 Å². The third kappa shape index (κ3) is 3.74. The zero-order valence-electron chi connectivity index (χ0n) is 8.23. The van der Waals surface area contributed by atoms with Crippen molar-refractivity contribution in [3.63, 3.8) is 0 Å². The summed E-state index contributed by atoms with van der Waals surface area (Å²) in [4.78, 5) is 0. The maximum absolute atomic E-state index is 8.81. The lowest BCUT2D eigenvalue weighted by atomic mass is 10.2. The SMILES string of the molecule is COc1ccc(CNCC(N)O)cc1. The standard InChI is InChI=1S/C10H16N2O2/c1-14-9-4-2-8(3-5-9)6-12-7-10(11)13/h2-5,10,12-13H,6-7,11H2,1H3. The van der Waals surface area contributed by atoms with Crippen molar-refractivity contribution in [2.24, 2.45) is 5.73 Å². The van der Waals surface area contributed by atoms with E-state index in [1.165, 1.54) is 0 Å². The fraction of sp³-hybridized carbons (Fsp3) is 0.400. The molecule has 0 aromatic heterocycles. The van der Waals surface area contributed by atoms with Crippen LogP contribution in [-0.4, -0.2) is 25.0 Å². The number of nitrogens with two attached hydrogens (primary N) is 1. The summed E-state index contributed by atoms with van der Waals surface area (Å²) >= 11 is 0. The van der Waals surface area contributed by atoms with Crippen molar-refractivity contribution in [3.8, 4) is 5.75 Å². The number of aliphatic hydroxyl groups excluding tert-OH is 1. The lowest BCUT2D eigenvalue weighted by Crippen LogP contribution is -2.32. The van der Waals surface area contributed by atoms with Crippen LogP contribution in [0, 0.1) is 0 Å². The molecule has 1 rings (SSSR count). The summed E-state index contributed by atoms with van der Waals surface area (Å²) < 4.78 is 5.03. The number of benzene rings is 1.